The minimum Gasteiger partial charge on any atom is -0.341 e. The molecule has 1 aromatic rings. The molecule has 5 heteroatoms. The average molecular weight is 278 g/mol. The van der Waals surface area contributed by atoms with Crippen LogP contribution in [0.5, 0.6) is 0 Å². The number of hydrogen-bond donors (Lipinski definition) is 1. The highest BCUT2D eigenvalue weighted by atomic mass is 16.2. The molecule has 1 aliphatic rings. The van der Waals surface area contributed by atoms with E-state index in [4.69, 9.17) is 0 Å². The summed E-state index contributed by atoms with van der Waals surface area (Å²) in [7, 11) is 1.92. The fraction of sp³-hybridized carbons (Fsp3) is 0.733. The SMILES string of the molecule is Cc1nn(C)cc1CNC(C)C(=O)N1CCCCCC1. The van der Waals surface area contributed by atoms with Crippen molar-refractivity contribution in [2.75, 3.05) is 13.1 Å². The number of rotatable bonds is 4. The lowest BCUT2D eigenvalue weighted by Gasteiger charge is -2.24. The largest absolute Gasteiger partial charge is 0.341 e. The van der Waals surface area contributed by atoms with E-state index >= 15 is 0 Å². The molecule has 1 aromatic heterocycles. The van der Waals surface area contributed by atoms with E-state index in [2.05, 4.69) is 10.4 Å². The zero-order valence-electron chi connectivity index (χ0n) is 12.9. The van der Waals surface area contributed by atoms with Gasteiger partial charge in [0.25, 0.3) is 0 Å². The van der Waals surface area contributed by atoms with Crippen LogP contribution in [0.25, 0.3) is 0 Å². The molecule has 20 heavy (non-hydrogen) atoms. The molecule has 1 saturated heterocycles. The van der Waals surface area contributed by atoms with Crippen LogP contribution in [0, 0.1) is 6.92 Å². The van der Waals surface area contributed by atoms with Gasteiger partial charge in [0.2, 0.25) is 5.91 Å². The topological polar surface area (TPSA) is 50.2 Å². The Morgan fingerprint density at radius 3 is 2.55 bits per heavy atom. The van der Waals surface area contributed by atoms with Crippen LogP contribution in [0.2, 0.25) is 0 Å². The van der Waals surface area contributed by atoms with Gasteiger partial charge in [0.15, 0.2) is 0 Å². The van der Waals surface area contributed by atoms with Gasteiger partial charge in [-0.25, -0.2) is 0 Å². The molecule has 1 unspecified atom stereocenters. The molecule has 2 rings (SSSR count). The molecular formula is C15H26N4O. The lowest BCUT2D eigenvalue weighted by Crippen LogP contribution is -2.45. The Hall–Kier alpha value is -1.36. The molecule has 1 fully saturated rings. The number of aryl methyl sites for hydroxylation is 2. The fourth-order valence-electron chi connectivity index (χ4n) is 2.74. The van der Waals surface area contributed by atoms with Crippen LogP contribution in [0.1, 0.15) is 43.9 Å². The monoisotopic (exact) mass is 278 g/mol. The molecule has 0 saturated carbocycles. The second kappa shape index (κ2) is 6.88. The molecular weight excluding hydrogens is 252 g/mol. The quantitative estimate of drug-likeness (QED) is 0.910. The first-order valence-corrected chi connectivity index (χ1v) is 7.59. The first-order valence-electron chi connectivity index (χ1n) is 7.59. The first kappa shape index (κ1) is 15.0. The van der Waals surface area contributed by atoms with E-state index in [1.807, 2.05) is 36.7 Å². The number of likely N-dealkylation sites (tertiary alicyclic amines) is 1. The Balaban J connectivity index is 1.85. The van der Waals surface area contributed by atoms with E-state index in [0.717, 1.165) is 37.2 Å². The Morgan fingerprint density at radius 1 is 1.35 bits per heavy atom. The van der Waals surface area contributed by atoms with Crippen LogP contribution in [0.3, 0.4) is 0 Å². The summed E-state index contributed by atoms with van der Waals surface area (Å²) >= 11 is 0. The fourth-order valence-corrected chi connectivity index (χ4v) is 2.74. The normalized spacial score (nSPS) is 17.9. The molecule has 0 aliphatic carbocycles. The van der Waals surface area contributed by atoms with Gasteiger partial charge in [-0.05, 0) is 26.7 Å². The van der Waals surface area contributed by atoms with Gasteiger partial charge in [-0.2, -0.15) is 5.10 Å². The van der Waals surface area contributed by atoms with Gasteiger partial charge in [-0.1, -0.05) is 12.8 Å². The summed E-state index contributed by atoms with van der Waals surface area (Å²) < 4.78 is 1.81. The van der Waals surface area contributed by atoms with Crippen molar-refractivity contribution in [2.24, 2.45) is 7.05 Å². The molecule has 0 bridgehead atoms. The van der Waals surface area contributed by atoms with Crippen molar-refractivity contribution < 1.29 is 4.79 Å². The predicted octanol–water partition coefficient (Wildman–Crippen LogP) is 1.61. The second-order valence-electron chi connectivity index (χ2n) is 5.76. The predicted molar refractivity (Wildman–Crippen MR) is 79.3 cm³/mol. The summed E-state index contributed by atoms with van der Waals surface area (Å²) in [6, 6.07) is -0.132. The highest BCUT2D eigenvalue weighted by Crippen LogP contribution is 2.11. The van der Waals surface area contributed by atoms with Crippen LogP contribution in [0.4, 0.5) is 0 Å². The minimum absolute atomic E-state index is 0.132. The smallest absolute Gasteiger partial charge is 0.239 e. The maximum absolute atomic E-state index is 12.4. The van der Waals surface area contributed by atoms with Gasteiger partial charge in [0.1, 0.15) is 0 Å². The maximum Gasteiger partial charge on any atom is 0.239 e. The van der Waals surface area contributed by atoms with Crippen molar-refractivity contribution in [3.63, 3.8) is 0 Å². The lowest BCUT2D eigenvalue weighted by atomic mass is 10.2. The summed E-state index contributed by atoms with van der Waals surface area (Å²) in [6.45, 7) is 6.48. The molecule has 1 aliphatic heterocycles. The molecule has 112 valence electrons. The molecule has 0 radical (unpaired) electrons. The standard InChI is InChI=1S/C15H26N4O/c1-12-14(11-18(3)17-12)10-16-13(2)15(20)19-8-6-4-5-7-9-19/h11,13,16H,4-10H2,1-3H3. The van der Waals surface area contributed by atoms with Crippen LogP contribution in [-0.2, 0) is 18.4 Å². The summed E-state index contributed by atoms with van der Waals surface area (Å²) in [5.74, 6) is 0.230. The third-order valence-corrected chi connectivity index (χ3v) is 4.00. The van der Waals surface area contributed by atoms with E-state index in [-0.39, 0.29) is 11.9 Å². The summed E-state index contributed by atoms with van der Waals surface area (Å²) in [6.07, 6.45) is 6.78. The molecule has 1 amide bonds. The zero-order valence-corrected chi connectivity index (χ0v) is 12.9. The van der Waals surface area contributed by atoms with Crippen LogP contribution in [0.15, 0.2) is 6.20 Å². The van der Waals surface area contributed by atoms with Gasteiger partial charge in [-0.15, -0.1) is 0 Å². The van der Waals surface area contributed by atoms with Crippen LogP contribution < -0.4 is 5.32 Å². The Labute approximate surface area is 121 Å². The highest BCUT2D eigenvalue weighted by Gasteiger charge is 2.21. The van der Waals surface area contributed by atoms with E-state index in [9.17, 15) is 4.79 Å². The number of nitrogens with one attached hydrogen (secondary N) is 1. The van der Waals surface area contributed by atoms with Gasteiger partial charge < -0.3 is 10.2 Å². The molecule has 0 spiro atoms. The van der Waals surface area contributed by atoms with Crippen molar-refractivity contribution in [3.8, 4) is 0 Å². The molecule has 1 N–H and O–H groups in total. The van der Waals surface area contributed by atoms with Crippen molar-refractivity contribution in [1.29, 1.82) is 0 Å². The number of carbonyl (C=O) groups is 1. The number of carbonyl (C=O) groups excluding carboxylic acids is 1. The number of aromatic nitrogens is 2. The summed E-state index contributed by atoms with van der Waals surface area (Å²) in [5, 5.41) is 7.64. The highest BCUT2D eigenvalue weighted by molar-refractivity contribution is 5.81. The summed E-state index contributed by atoms with van der Waals surface area (Å²) in [4.78, 5) is 14.4. The number of amides is 1. The number of nitrogens with zero attached hydrogens (tertiary/aromatic N) is 3. The van der Waals surface area contributed by atoms with Crippen molar-refractivity contribution in [3.05, 3.63) is 17.5 Å². The van der Waals surface area contributed by atoms with Crippen molar-refractivity contribution in [1.82, 2.24) is 20.0 Å². The third-order valence-electron chi connectivity index (χ3n) is 4.00. The van der Waals surface area contributed by atoms with Gasteiger partial charge in [0, 0.05) is 38.4 Å². The van der Waals surface area contributed by atoms with Gasteiger partial charge >= 0.3 is 0 Å². The van der Waals surface area contributed by atoms with E-state index in [0.29, 0.717) is 6.54 Å². The van der Waals surface area contributed by atoms with E-state index in [1.165, 1.54) is 12.8 Å². The summed E-state index contributed by atoms with van der Waals surface area (Å²) in [5.41, 5.74) is 2.18. The first-order chi connectivity index (χ1) is 9.58. The minimum atomic E-state index is -0.132. The van der Waals surface area contributed by atoms with Crippen molar-refractivity contribution >= 4 is 5.91 Å². The molecule has 2 heterocycles. The Kier molecular flexibility index (Phi) is 5.17. The Bertz CT molecular complexity index is 447. The zero-order chi connectivity index (χ0) is 14.5. The van der Waals surface area contributed by atoms with E-state index < -0.39 is 0 Å². The molecule has 0 aromatic carbocycles. The average Bonchev–Trinajstić information content (AvgIpc) is 2.64. The van der Waals surface area contributed by atoms with E-state index in [1.54, 1.807) is 0 Å². The third kappa shape index (κ3) is 3.82. The van der Waals surface area contributed by atoms with Gasteiger partial charge in [-0.3, -0.25) is 9.48 Å². The lowest BCUT2D eigenvalue weighted by molar-refractivity contribution is -0.133. The maximum atomic E-state index is 12.4. The molecule has 5 nitrogen and oxygen atoms in total. The van der Waals surface area contributed by atoms with Crippen molar-refractivity contribution in [2.45, 2.75) is 52.1 Å². The van der Waals surface area contributed by atoms with Crippen LogP contribution >= 0.6 is 0 Å². The van der Waals surface area contributed by atoms with Gasteiger partial charge in [0.05, 0.1) is 11.7 Å². The Morgan fingerprint density at radius 2 is 2.00 bits per heavy atom. The number of hydrogen-bond acceptors (Lipinski definition) is 3. The second-order valence-corrected chi connectivity index (χ2v) is 5.76. The molecule has 1 atom stereocenters. The van der Waals surface area contributed by atoms with Crippen LogP contribution in [-0.4, -0.2) is 39.7 Å².